The van der Waals surface area contributed by atoms with Gasteiger partial charge in [0.1, 0.15) is 24.0 Å². The summed E-state index contributed by atoms with van der Waals surface area (Å²) in [6.07, 6.45) is 0. The lowest BCUT2D eigenvalue weighted by Gasteiger charge is -2.12. The third-order valence-corrected chi connectivity index (χ3v) is 5.84. The lowest BCUT2D eigenvalue weighted by molar-refractivity contribution is 0.104. The molecule has 3 aromatic carbocycles. The minimum Gasteiger partial charge on any atom is -0.508 e. The zero-order valence-corrected chi connectivity index (χ0v) is 17.4. The van der Waals surface area contributed by atoms with Crippen molar-refractivity contribution in [1.82, 2.24) is 4.90 Å². The van der Waals surface area contributed by atoms with E-state index in [1.807, 2.05) is 19.0 Å². The molecule has 4 aromatic rings. The fourth-order valence-electron chi connectivity index (χ4n) is 3.18. The van der Waals surface area contributed by atoms with Crippen molar-refractivity contribution in [2.24, 2.45) is 0 Å². The van der Waals surface area contributed by atoms with Crippen LogP contribution in [0.4, 0.5) is 0 Å². The first-order chi connectivity index (χ1) is 14.4. The van der Waals surface area contributed by atoms with Crippen LogP contribution < -0.4 is 4.74 Å². The van der Waals surface area contributed by atoms with E-state index in [-0.39, 0.29) is 17.3 Å². The van der Waals surface area contributed by atoms with Gasteiger partial charge in [-0.05, 0) is 86.4 Å². The second-order valence-corrected chi connectivity index (χ2v) is 8.29. The van der Waals surface area contributed by atoms with Gasteiger partial charge in [-0.3, -0.25) is 9.69 Å². The fourth-order valence-corrected chi connectivity index (χ4v) is 4.42. The first-order valence-electron chi connectivity index (χ1n) is 9.39. The van der Waals surface area contributed by atoms with Crippen LogP contribution in [0.15, 0.2) is 66.7 Å². The number of nitrogens with zero attached hydrogens (tertiary/aromatic N) is 1. The average Bonchev–Trinajstić information content (AvgIpc) is 3.11. The number of ether oxygens (including phenoxy) is 1. The van der Waals surface area contributed by atoms with Crippen molar-refractivity contribution in [2.75, 3.05) is 20.8 Å². The number of thiophene rings is 1. The Hall–Kier alpha value is -3.35. The lowest BCUT2D eigenvalue weighted by atomic mass is 9.97. The molecular weight excluding hydrogens is 398 g/mol. The van der Waals surface area contributed by atoms with Crippen molar-refractivity contribution in [2.45, 2.75) is 0 Å². The molecular formula is C24H21NO4S. The minimum atomic E-state index is -0.103. The SMILES string of the molecule is CN(C)COc1ccc(C(=O)c2c(-c3ccc(O)cc3)sc3cc(O)ccc23)cc1. The van der Waals surface area contributed by atoms with Crippen LogP contribution in [0.3, 0.4) is 0 Å². The zero-order valence-electron chi connectivity index (χ0n) is 16.6. The van der Waals surface area contributed by atoms with Gasteiger partial charge in [-0.15, -0.1) is 11.3 Å². The quantitative estimate of drug-likeness (QED) is 0.336. The van der Waals surface area contributed by atoms with Crippen molar-refractivity contribution in [1.29, 1.82) is 0 Å². The van der Waals surface area contributed by atoms with Crippen LogP contribution in [0.2, 0.25) is 0 Å². The van der Waals surface area contributed by atoms with E-state index in [0.717, 1.165) is 20.5 Å². The highest BCUT2D eigenvalue weighted by atomic mass is 32.1. The van der Waals surface area contributed by atoms with Crippen LogP contribution in [0.1, 0.15) is 15.9 Å². The van der Waals surface area contributed by atoms with Crippen molar-refractivity contribution in [3.63, 3.8) is 0 Å². The van der Waals surface area contributed by atoms with Crippen LogP contribution in [0.25, 0.3) is 20.5 Å². The Labute approximate surface area is 178 Å². The number of ketones is 1. The van der Waals surface area contributed by atoms with Crippen molar-refractivity contribution < 1.29 is 19.7 Å². The van der Waals surface area contributed by atoms with E-state index >= 15 is 0 Å². The number of carbonyl (C=O) groups is 1. The number of phenolic OH excluding ortho intramolecular Hbond substituents is 2. The van der Waals surface area contributed by atoms with Crippen molar-refractivity contribution in [3.05, 3.63) is 77.9 Å². The van der Waals surface area contributed by atoms with Gasteiger partial charge in [-0.1, -0.05) is 0 Å². The molecule has 2 N–H and O–H groups in total. The Morgan fingerprint density at radius 3 is 2.27 bits per heavy atom. The van der Waals surface area contributed by atoms with Gasteiger partial charge in [0, 0.05) is 26.1 Å². The number of phenols is 2. The molecule has 0 spiro atoms. The molecule has 152 valence electrons. The summed E-state index contributed by atoms with van der Waals surface area (Å²) >= 11 is 1.44. The van der Waals surface area contributed by atoms with E-state index in [1.165, 1.54) is 11.3 Å². The van der Waals surface area contributed by atoms with Gasteiger partial charge in [0.05, 0.1) is 0 Å². The molecule has 0 amide bonds. The molecule has 4 rings (SSSR count). The molecule has 0 aliphatic heterocycles. The van der Waals surface area contributed by atoms with Gasteiger partial charge >= 0.3 is 0 Å². The third kappa shape index (κ3) is 4.01. The van der Waals surface area contributed by atoms with Crippen LogP contribution >= 0.6 is 11.3 Å². The number of hydrogen-bond acceptors (Lipinski definition) is 6. The van der Waals surface area contributed by atoms with Crippen LogP contribution in [-0.4, -0.2) is 41.7 Å². The summed E-state index contributed by atoms with van der Waals surface area (Å²) in [6.45, 7) is 0.455. The molecule has 6 heteroatoms. The summed E-state index contributed by atoms with van der Waals surface area (Å²) in [5.74, 6) is 0.911. The first-order valence-corrected chi connectivity index (χ1v) is 10.2. The van der Waals surface area contributed by atoms with Gasteiger partial charge in [0.2, 0.25) is 0 Å². The molecule has 5 nitrogen and oxygen atoms in total. The zero-order chi connectivity index (χ0) is 21.3. The molecule has 0 aliphatic rings. The number of carbonyl (C=O) groups excluding carboxylic acids is 1. The molecule has 0 unspecified atom stereocenters. The van der Waals surface area contributed by atoms with E-state index in [4.69, 9.17) is 4.74 Å². The van der Waals surface area contributed by atoms with Crippen LogP contribution in [0.5, 0.6) is 17.2 Å². The Bertz CT molecular complexity index is 1190. The topological polar surface area (TPSA) is 70.0 Å². The molecule has 0 aliphatic carbocycles. The number of aromatic hydroxyl groups is 2. The van der Waals surface area contributed by atoms with E-state index in [2.05, 4.69) is 0 Å². The summed E-state index contributed by atoms with van der Waals surface area (Å²) in [7, 11) is 3.84. The van der Waals surface area contributed by atoms with Crippen molar-refractivity contribution in [3.8, 4) is 27.7 Å². The van der Waals surface area contributed by atoms with Crippen LogP contribution in [0, 0.1) is 0 Å². The Morgan fingerprint density at radius 1 is 0.933 bits per heavy atom. The molecule has 1 heterocycles. The highest BCUT2D eigenvalue weighted by Crippen LogP contribution is 2.41. The Kier molecular flexibility index (Phi) is 5.44. The molecule has 0 bridgehead atoms. The van der Waals surface area contributed by atoms with Crippen LogP contribution in [-0.2, 0) is 0 Å². The van der Waals surface area contributed by atoms with Gasteiger partial charge in [0.15, 0.2) is 5.78 Å². The minimum absolute atomic E-state index is 0.103. The molecule has 0 saturated heterocycles. The summed E-state index contributed by atoms with van der Waals surface area (Å²) in [4.78, 5) is 16.2. The monoisotopic (exact) mass is 419 g/mol. The predicted octanol–water partition coefficient (Wildman–Crippen LogP) is 5.11. The van der Waals surface area contributed by atoms with E-state index in [1.54, 1.807) is 66.7 Å². The summed E-state index contributed by atoms with van der Waals surface area (Å²) in [6, 6.07) is 18.9. The highest BCUT2D eigenvalue weighted by Gasteiger charge is 2.22. The van der Waals surface area contributed by atoms with E-state index < -0.39 is 0 Å². The molecule has 0 fully saturated rings. The normalized spacial score (nSPS) is 11.2. The second-order valence-electron chi connectivity index (χ2n) is 7.24. The molecule has 0 radical (unpaired) electrons. The smallest absolute Gasteiger partial charge is 0.195 e. The lowest BCUT2D eigenvalue weighted by Crippen LogP contribution is -2.18. The van der Waals surface area contributed by atoms with Gasteiger partial charge in [-0.25, -0.2) is 0 Å². The average molecular weight is 420 g/mol. The molecule has 30 heavy (non-hydrogen) atoms. The molecule has 0 saturated carbocycles. The fraction of sp³-hybridized carbons (Fsp3) is 0.125. The first kappa shape index (κ1) is 19.9. The van der Waals surface area contributed by atoms with E-state index in [0.29, 0.717) is 23.6 Å². The van der Waals surface area contributed by atoms with Gasteiger partial charge < -0.3 is 14.9 Å². The Morgan fingerprint density at radius 2 is 1.60 bits per heavy atom. The standard InChI is InChI=1S/C24H21NO4S/c1-25(2)14-29-19-10-5-15(6-11-19)23(28)22-20-12-9-18(27)13-21(20)30-24(22)16-3-7-17(26)8-4-16/h3-13,26-27H,14H2,1-2H3. The number of benzene rings is 3. The molecule has 1 aromatic heterocycles. The number of hydrogen-bond donors (Lipinski definition) is 2. The largest absolute Gasteiger partial charge is 0.508 e. The van der Waals surface area contributed by atoms with Gasteiger partial charge in [0.25, 0.3) is 0 Å². The summed E-state index contributed by atoms with van der Waals surface area (Å²) in [5.41, 5.74) is 1.98. The maximum atomic E-state index is 13.5. The maximum absolute atomic E-state index is 13.5. The Balaban J connectivity index is 1.77. The summed E-state index contributed by atoms with van der Waals surface area (Å²) < 4.78 is 6.47. The third-order valence-electron chi connectivity index (χ3n) is 4.64. The van der Waals surface area contributed by atoms with Gasteiger partial charge in [-0.2, -0.15) is 0 Å². The van der Waals surface area contributed by atoms with Crippen molar-refractivity contribution >= 4 is 27.2 Å². The predicted molar refractivity (Wildman–Crippen MR) is 120 cm³/mol. The maximum Gasteiger partial charge on any atom is 0.195 e. The summed E-state index contributed by atoms with van der Waals surface area (Å²) in [5, 5.41) is 20.3. The number of rotatable bonds is 6. The highest BCUT2D eigenvalue weighted by molar-refractivity contribution is 7.22. The second kappa shape index (κ2) is 8.18. The number of fused-ring (bicyclic) bond motifs is 1. The van der Waals surface area contributed by atoms with E-state index in [9.17, 15) is 15.0 Å². The molecule has 0 atom stereocenters.